The van der Waals surface area contributed by atoms with Crippen LogP contribution in [-0.4, -0.2) is 4.98 Å². The molecule has 0 atom stereocenters. The van der Waals surface area contributed by atoms with Gasteiger partial charge < -0.3 is 0 Å². The second-order valence-electron chi connectivity index (χ2n) is 9.95. The standard InChI is InChI=1S/C35H41N/c1-3-5-7-10-16-28-26-33(29-17-11-9-12-18-29)32(19-13-8-6-4-2)34(27-28)30-21-23-31(24-22-30)35-20-14-15-25-36-35/h9,11-12,14-15,17-18,20-27H,3-8,10,13,16,19H2,1-2H3. The molecular weight excluding hydrogens is 434 g/mol. The molecular formula is C35H41N. The average molecular weight is 476 g/mol. The molecule has 0 bridgehead atoms. The van der Waals surface area contributed by atoms with Gasteiger partial charge in [-0.15, -0.1) is 0 Å². The predicted octanol–water partition coefficient (Wildman–Crippen LogP) is 10.3. The molecule has 1 heteroatoms. The first-order valence-electron chi connectivity index (χ1n) is 14.0. The van der Waals surface area contributed by atoms with Gasteiger partial charge in [0.15, 0.2) is 0 Å². The highest BCUT2D eigenvalue weighted by atomic mass is 14.7. The SMILES string of the molecule is CCCCCCc1cc(-c2ccccc2)c(CCCCCC)c(-c2ccc(-c3ccccn3)cc2)c1. The van der Waals surface area contributed by atoms with Crippen LogP contribution in [0.3, 0.4) is 0 Å². The van der Waals surface area contributed by atoms with Gasteiger partial charge in [-0.3, -0.25) is 4.98 Å². The number of benzene rings is 3. The number of pyridine rings is 1. The molecule has 4 rings (SSSR count). The van der Waals surface area contributed by atoms with Gasteiger partial charge in [-0.1, -0.05) is 125 Å². The van der Waals surface area contributed by atoms with Crippen LogP contribution in [-0.2, 0) is 12.8 Å². The monoisotopic (exact) mass is 475 g/mol. The molecule has 0 fully saturated rings. The van der Waals surface area contributed by atoms with Gasteiger partial charge in [0.25, 0.3) is 0 Å². The summed E-state index contributed by atoms with van der Waals surface area (Å²) >= 11 is 0. The van der Waals surface area contributed by atoms with E-state index in [1.54, 1.807) is 0 Å². The molecule has 0 aliphatic heterocycles. The number of unbranched alkanes of at least 4 members (excludes halogenated alkanes) is 6. The summed E-state index contributed by atoms with van der Waals surface area (Å²) in [5.74, 6) is 0. The Morgan fingerprint density at radius 3 is 1.72 bits per heavy atom. The molecule has 0 aliphatic rings. The van der Waals surface area contributed by atoms with E-state index in [-0.39, 0.29) is 0 Å². The molecule has 36 heavy (non-hydrogen) atoms. The molecule has 1 heterocycles. The summed E-state index contributed by atoms with van der Waals surface area (Å²) in [7, 11) is 0. The lowest BCUT2D eigenvalue weighted by Crippen LogP contribution is -1.99. The lowest BCUT2D eigenvalue weighted by molar-refractivity contribution is 0.664. The summed E-state index contributed by atoms with van der Waals surface area (Å²) in [4.78, 5) is 4.54. The first-order chi connectivity index (χ1) is 17.8. The molecule has 0 saturated carbocycles. The van der Waals surface area contributed by atoms with Crippen LogP contribution in [0.5, 0.6) is 0 Å². The average Bonchev–Trinajstić information content (AvgIpc) is 2.94. The number of hydrogen-bond acceptors (Lipinski definition) is 1. The van der Waals surface area contributed by atoms with E-state index in [0.717, 1.165) is 18.5 Å². The van der Waals surface area contributed by atoms with Gasteiger partial charge in [0.05, 0.1) is 5.69 Å². The molecule has 0 N–H and O–H groups in total. The van der Waals surface area contributed by atoms with E-state index >= 15 is 0 Å². The minimum absolute atomic E-state index is 1.03. The van der Waals surface area contributed by atoms with E-state index in [1.807, 2.05) is 12.3 Å². The summed E-state index contributed by atoms with van der Waals surface area (Å²) in [5, 5.41) is 0. The third-order valence-corrected chi connectivity index (χ3v) is 7.15. The van der Waals surface area contributed by atoms with Crippen molar-refractivity contribution in [2.45, 2.75) is 78.1 Å². The minimum Gasteiger partial charge on any atom is -0.256 e. The molecule has 0 spiro atoms. The number of aromatic nitrogens is 1. The maximum atomic E-state index is 4.54. The Labute approximate surface area is 218 Å². The van der Waals surface area contributed by atoms with Crippen LogP contribution < -0.4 is 0 Å². The summed E-state index contributed by atoms with van der Waals surface area (Å²) in [6, 6.07) is 31.2. The molecule has 3 aromatic carbocycles. The zero-order valence-corrected chi connectivity index (χ0v) is 22.2. The van der Waals surface area contributed by atoms with E-state index in [0.29, 0.717) is 0 Å². The normalized spacial score (nSPS) is 11.1. The fourth-order valence-electron chi connectivity index (χ4n) is 5.12. The first-order valence-corrected chi connectivity index (χ1v) is 14.0. The molecule has 1 nitrogen and oxygen atoms in total. The van der Waals surface area contributed by atoms with Crippen molar-refractivity contribution >= 4 is 0 Å². The Morgan fingerprint density at radius 1 is 0.528 bits per heavy atom. The fourth-order valence-corrected chi connectivity index (χ4v) is 5.12. The lowest BCUT2D eigenvalue weighted by atomic mass is 9.85. The molecule has 0 saturated heterocycles. The quantitative estimate of drug-likeness (QED) is 0.175. The fraction of sp³-hybridized carbons (Fsp3) is 0.343. The zero-order valence-electron chi connectivity index (χ0n) is 22.2. The number of aryl methyl sites for hydroxylation is 1. The Kier molecular flexibility index (Phi) is 9.91. The second kappa shape index (κ2) is 13.8. The molecule has 0 unspecified atom stereocenters. The maximum absolute atomic E-state index is 4.54. The van der Waals surface area contributed by atoms with Gasteiger partial charge in [0.2, 0.25) is 0 Å². The van der Waals surface area contributed by atoms with Crippen molar-refractivity contribution in [3.63, 3.8) is 0 Å². The topological polar surface area (TPSA) is 12.9 Å². The Morgan fingerprint density at radius 2 is 1.11 bits per heavy atom. The van der Waals surface area contributed by atoms with E-state index in [4.69, 9.17) is 0 Å². The summed E-state index contributed by atoms with van der Waals surface area (Å²) < 4.78 is 0. The van der Waals surface area contributed by atoms with Crippen molar-refractivity contribution in [2.24, 2.45) is 0 Å². The summed E-state index contributed by atoms with van der Waals surface area (Å²) in [5.41, 5.74) is 10.6. The predicted molar refractivity (Wildman–Crippen MR) is 156 cm³/mol. The molecule has 186 valence electrons. The highest BCUT2D eigenvalue weighted by molar-refractivity contribution is 5.80. The van der Waals surface area contributed by atoms with Crippen molar-refractivity contribution in [3.05, 3.63) is 102 Å². The maximum Gasteiger partial charge on any atom is 0.0701 e. The number of nitrogens with zero attached hydrogens (tertiary/aromatic N) is 1. The van der Waals surface area contributed by atoms with Crippen LogP contribution in [0, 0.1) is 0 Å². The van der Waals surface area contributed by atoms with Crippen LogP contribution in [0.1, 0.15) is 76.3 Å². The molecule has 4 aromatic rings. The lowest BCUT2D eigenvalue weighted by Gasteiger charge is -2.19. The van der Waals surface area contributed by atoms with Gasteiger partial charge in [-0.05, 0) is 71.2 Å². The second-order valence-corrected chi connectivity index (χ2v) is 9.95. The third kappa shape index (κ3) is 6.94. The Balaban J connectivity index is 1.76. The number of hydrogen-bond donors (Lipinski definition) is 0. The Bertz CT molecular complexity index is 1180. The van der Waals surface area contributed by atoms with Crippen molar-refractivity contribution in [1.82, 2.24) is 4.98 Å². The molecule has 1 aromatic heterocycles. The van der Waals surface area contributed by atoms with Gasteiger partial charge in [-0.2, -0.15) is 0 Å². The van der Waals surface area contributed by atoms with Crippen LogP contribution in [0.25, 0.3) is 33.5 Å². The smallest absolute Gasteiger partial charge is 0.0701 e. The highest BCUT2D eigenvalue weighted by Crippen LogP contribution is 2.36. The van der Waals surface area contributed by atoms with Crippen molar-refractivity contribution < 1.29 is 0 Å². The van der Waals surface area contributed by atoms with Crippen LogP contribution >= 0.6 is 0 Å². The van der Waals surface area contributed by atoms with Crippen molar-refractivity contribution in [2.75, 3.05) is 0 Å². The zero-order chi connectivity index (χ0) is 25.0. The van der Waals surface area contributed by atoms with E-state index < -0.39 is 0 Å². The van der Waals surface area contributed by atoms with Gasteiger partial charge in [-0.25, -0.2) is 0 Å². The Hall–Kier alpha value is -3.19. The van der Waals surface area contributed by atoms with Gasteiger partial charge in [0.1, 0.15) is 0 Å². The summed E-state index contributed by atoms with van der Waals surface area (Å²) in [6.45, 7) is 4.57. The van der Waals surface area contributed by atoms with Crippen molar-refractivity contribution in [3.8, 4) is 33.5 Å². The van der Waals surface area contributed by atoms with Crippen LogP contribution in [0.2, 0.25) is 0 Å². The van der Waals surface area contributed by atoms with Crippen LogP contribution in [0.15, 0.2) is 91.1 Å². The molecule has 0 radical (unpaired) electrons. The highest BCUT2D eigenvalue weighted by Gasteiger charge is 2.15. The minimum atomic E-state index is 1.03. The third-order valence-electron chi connectivity index (χ3n) is 7.15. The molecule has 0 amide bonds. The van der Waals surface area contributed by atoms with E-state index in [2.05, 4.69) is 97.7 Å². The summed E-state index contributed by atoms with van der Waals surface area (Å²) in [6.07, 6.45) is 14.4. The number of rotatable bonds is 13. The van der Waals surface area contributed by atoms with E-state index in [9.17, 15) is 0 Å². The van der Waals surface area contributed by atoms with Crippen molar-refractivity contribution in [1.29, 1.82) is 0 Å². The molecule has 0 aliphatic carbocycles. The van der Waals surface area contributed by atoms with E-state index in [1.165, 1.54) is 90.3 Å². The van der Waals surface area contributed by atoms with Gasteiger partial charge in [0, 0.05) is 11.8 Å². The van der Waals surface area contributed by atoms with Gasteiger partial charge >= 0.3 is 0 Å². The largest absolute Gasteiger partial charge is 0.256 e. The first kappa shape index (κ1) is 25.9. The van der Waals surface area contributed by atoms with Crippen LogP contribution in [0.4, 0.5) is 0 Å².